The number of hydrogen-bond donors (Lipinski definition) is 0. The first-order chi connectivity index (χ1) is 11.9. The van der Waals surface area contributed by atoms with Crippen LogP contribution in [0.2, 0.25) is 5.02 Å². The molecular weight excluding hydrogens is 362 g/mol. The molecule has 3 rings (SSSR count). The van der Waals surface area contributed by atoms with Crippen molar-refractivity contribution in [3.05, 3.63) is 53.4 Å². The van der Waals surface area contributed by atoms with Crippen molar-refractivity contribution in [2.45, 2.75) is 41.9 Å². The summed E-state index contributed by atoms with van der Waals surface area (Å²) in [5, 5.41) is 0.459. The van der Waals surface area contributed by atoms with Crippen molar-refractivity contribution in [3.63, 3.8) is 0 Å². The van der Waals surface area contributed by atoms with Crippen LogP contribution in [0, 0.1) is 0 Å². The SMILES string of the molecule is CN(Cc1ccco1)C(=O)C1(S(=O)(=O)c2ccc(Cl)cc2)CCCC1. The molecule has 1 aliphatic carbocycles. The molecule has 134 valence electrons. The van der Waals surface area contributed by atoms with E-state index in [-0.39, 0.29) is 17.3 Å². The van der Waals surface area contributed by atoms with Gasteiger partial charge >= 0.3 is 0 Å². The predicted molar refractivity (Wildman–Crippen MR) is 95.0 cm³/mol. The van der Waals surface area contributed by atoms with Crippen molar-refractivity contribution >= 4 is 27.3 Å². The number of rotatable bonds is 5. The maximum Gasteiger partial charge on any atom is 0.244 e. The predicted octanol–water partition coefficient (Wildman–Crippen LogP) is 3.68. The molecule has 7 heteroatoms. The summed E-state index contributed by atoms with van der Waals surface area (Å²) in [6, 6.07) is 9.51. The van der Waals surface area contributed by atoms with Crippen LogP contribution < -0.4 is 0 Å². The number of sulfone groups is 1. The number of benzene rings is 1. The number of carbonyl (C=O) groups is 1. The van der Waals surface area contributed by atoms with Gasteiger partial charge in [0.05, 0.1) is 17.7 Å². The van der Waals surface area contributed by atoms with Gasteiger partial charge < -0.3 is 9.32 Å². The Bertz CT molecular complexity index is 838. The second kappa shape index (κ2) is 6.84. The van der Waals surface area contributed by atoms with Crippen LogP contribution in [-0.4, -0.2) is 31.0 Å². The van der Waals surface area contributed by atoms with Gasteiger partial charge in [0.1, 0.15) is 5.76 Å². The lowest BCUT2D eigenvalue weighted by molar-refractivity contribution is -0.133. The van der Waals surface area contributed by atoms with E-state index in [0.717, 1.165) is 0 Å². The number of furan rings is 1. The first-order valence-electron chi connectivity index (χ1n) is 8.15. The molecule has 0 spiro atoms. The summed E-state index contributed by atoms with van der Waals surface area (Å²) in [5.41, 5.74) is 0. The zero-order chi connectivity index (χ0) is 18.1. The minimum atomic E-state index is -3.82. The normalized spacial score (nSPS) is 16.7. The molecule has 1 aromatic heterocycles. The molecular formula is C18H20ClNO4S. The average Bonchev–Trinajstić information content (AvgIpc) is 3.27. The van der Waals surface area contributed by atoms with Crippen LogP contribution in [0.1, 0.15) is 31.4 Å². The van der Waals surface area contributed by atoms with Crippen LogP contribution in [0.25, 0.3) is 0 Å². The van der Waals surface area contributed by atoms with E-state index >= 15 is 0 Å². The van der Waals surface area contributed by atoms with Crippen molar-refractivity contribution in [1.82, 2.24) is 4.90 Å². The molecule has 1 saturated carbocycles. The largest absolute Gasteiger partial charge is 0.467 e. The van der Waals surface area contributed by atoms with E-state index in [0.29, 0.717) is 36.5 Å². The average molecular weight is 382 g/mol. The minimum Gasteiger partial charge on any atom is -0.467 e. The highest BCUT2D eigenvalue weighted by Crippen LogP contribution is 2.42. The van der Waals surface area contributed by atoms with Crippen LogP contribution in [0.5, 0.6) is 0 Å². The van der Waals surface area contributed by atoms with Gasteiger partial charge in [-0.3, -0.25) is 4.79 Å². The van der Waals surface area contributed by atoms with Crippen molar-refractivity contribution in [2.24, 2.45) is 0 Å². The number of hydrogen-bond acceptors (Lipinski definition) is 4. The Labute approximate surface area is 152 Å². The Kier molecular flexibility index (Phi) is 4.93. The fourth-order valence-corrected chi connectivity index (χ4v) is 5.72. The van der Waals surface area contributed by atoms with Crippen LogP contribution in [-0.2, 0) is 21.2 Å². The Hall–Kier alpha value is -1.79. The Morgan fingerprint density at radius 1 is 1.20 bits per heavy atom. The van der Waals surface area contributed by atoms with Crippen molar-refractivity contribution < 1.29 is 17.6 Å². The molecule has 5 nitrogen and oxygen atoms in total. The second-order valence-corrected chi connectivity index (χ2v) is 9.10. The number of amides is 1. The van der Waals surface area contributed by atoms with E-state index in [1.54, 1.807) is 19.2 Å². The first kappa shape index (κ1) is 18.0. The summed E-state index contributed by atoms with van der Waals surface area (Å²) in [5.74, 6) is 0.240. The highest BCUT2D eigenvalue weighted by Gasteiger charge is 2.54. The maximum absolute atomic E-state index is 13.3. The molecule has 1 amide bonds. The zero-order valence-corrected chi connectivity index (χ0v) is 15.5. The second-order valence-electron chi connectivity index (χ2n) is 6.40. The molecule has 1 aromatic carbocycles. The molecule has 0 N–H and O–H groups in total. The van der Waals surface area contributed by atoms with Gasteiger partial charge in [-0.05, 0) is 49.2 Å². The summed E-state index contributed by atoms with van der Waals surface area (Å²) in [7, 11) is -2.21. The lowest BCUT2D eigenvalue weighted by Crippen LogP contribution is -2.50. The number of carbonyl (C=O) groups excluding carboxylic acids is 1. The Balaban J connectivity index is 1.95. The molecule has 1 fully saturated rings. The van der Waals surface area contributed by atoms with Crippen LogP contribution in [0.15, 0.2) is 52.0 Å². The van der Waals surface area contributed by atoms with E-state index in [1.165, 1.54) is 35.4 Å². The Morgan fingerprint density at radius 2 is 1.84 bits per heavy atom. The van der Waals surface area contributed by atoms with Crippen LogP contribution in [0.3, 0.4) is 0 Å². The van der Waals surface area contributed by atoms with Gasteiger partial charge in [-0.2, -0.15) is 0 Å². The van der Waals surface area contributed by atoms with E-state index in [1.807, 2.05) is 0 Å². The quantitative estimate of drug-likeness (QED) is 0.792. The summed E-state index contributed by atoms with van der Waals surface area (Å²) >= 11 is 5.87. The molecule has 0 radical (unpaired) electrons. The Morgan fingerprint density at radius 3 is 2.40 bits per heavy atom. The van der Waals surface area contributed by atoms with Crippen molar-refractivity contribution in [3.8, 4) is 0 Å². The summed E-state index contributed by atoms with van der Waals surface area (Å²) in [4.78, 5) is 14.7. The molecule has 0 aliphatic heterocycles. The third kappa shape index (κ3) is 3.20. The number of nitrogens with zero attached hydrogens (tertiary/aromatic N) is 1. The van der Waals surface area contributed by atoms with Crippen molar-refractivity contribution in [2.75, 3.05) is 7.05 Å². The van der Waals surface area contributed by atoms with E-state index in [4.69, 9.17) is 16.0 Å². The van der Waals surface area contributed by atoms with Gasteiger partial charge in [-0.1, -0.05) is 24.4 Å². The molecule has 0 unspecified atom stereocenters. The molecule has 0 bridgehead atoms. The minimum absolute atomic E-state index is 0.138. The summed E-state index contributed by atoms with van der Waals surface area (Å²) in [6.45, 7) is 0.240. The van der Waals surface area contributed by atoms with E-state index < -0.39 is 14.6 Å². The van der Waals surface area contributed by atoms with Crippen molar-refractivity contribution in [1.29, 1.82) is 0 Å². The highest BCUT2D eigenvalue weighted by atomic mass is 35.5. The molecule has 2 aromatic rings. The number of halogens is 1. The standard InChI is InChI=1S/C18H20ClNO4S/c1-20(13-15-5-4-12-24-15)17(21)18(10-2-3-11-18)25(22,23)16-8-6-14(19)7-9-16/h4-9,12H,2-3,10-11,13H2,1H3. The topological polar surface area (TPSA) is 67.6 Å². The van der Waals surface area contributed by atoms with Gasteiger partial charge in [-0.25, -0.2) is 8.42 Å². The first-order valence-corrected chi connectivity index (χ1v) is 10.0. The summed E-state index contributed by atoms with van der Waals surface area (Å²) < 4.78 is 30.5. The maximum atomic E-state index is 13.3. The smallest absolute Gasteiger partial charge is 0.244 e. The molecule has 0 atom stereocenters. The highest BCUT2D eigenvalue weighted by molar-refractivity contribution is 7.93. The fourth-order valence-electron chi connectivity index (χ4n) is 3.44. The van der Waals surface area contributed by atoms with Gasteiger partial charge in [0.15, 0.2) is 14.6 Å². The fraction of sp³-hybridized carbons (Fsp3) is 0.389. The van der Waals surface area contributed by atoms with Crippen LogP contribution in [0.4, 0.5) is 0 Å². The third-order valence-corrected chi connectivity index (χ3v) is 7.52. The van der Waals surface area contributed by atoms with Gasteiger partial charge in [0.25, 0.3) is 0 Å². The van der Waals surface area contributed by atoms with Gasteiger partial charge in [0.2, 0.25) is 5.91 Å². The lowest BCUT2D eigenvalue weighted by Gasteiger charge is -2.31. The van der Waals surface area contributed by atoms with Gasteiger partial charge in [0, 0.05) is 12.1 Å². The van der Waals surface area contributed by atoms with Gasteiger partial charge in [-0.15, -0.1) is 0 Å². The van der Waals surface area contributed by atoms with E-state index in [2.05, 4.69) is 0 Å². The van der Waals surface area contributed by atoms with Crippen LogP contribution >= 0.6 is 11.6 Å². The zero-order valence-electron chi connectivity index (χ0n) is 13.9. The molecule has 1 aliphatic rings. The molecule has 1 heterocycles. The monoisotopic (exact) mass is 381 g/mol. The summed E-state index contributed by atoms with van der Waals surface area (Å²) in [6.07, 6.45) is 3.63. The molecule has 25 heavy (non-hydrogen) atoms. The molecule has 0 saturated heterocycles. The van der Waals surface area contributed by atoms with E-state index in [9.17, 15) is 13.2 Å². The third-order valence-electron chi connectivity index (χ3n) is 4.76. The lowest BCUT2D eigenvalue weighted by atomic mass is 10.1.